The summed E-state index contributed by atoms with van der Waals surface area (Å²) in [6.07, 6.45) is 5.58. The number of methoxy groups -OCH3 is 1. The zero-order valence-corrected chi connectivity index (χ0v) is 12.1. The summed E-state index contributed by atoms with van der Waals surface area (Å²) in [5, 5.41) is 0. The zero-order chi connectivity index (χ0) is 14.0. The summed E-state index contributed by atoms with van der Waals surface area (Å²) in [5.74, 6) is -0.288. The van der Waals surface area contributed by atoms with Gasteiger partial charge >= 0.3 is 5.97 Å². The highest BCUT2D eigenvalue weighted by molar-refractivity contribution is 5.90. The van der Waals surface area contributed by atoms with Crippen LogP contribution in [0, 0.1) is 13.8 Å². The summed E-state index contributed by atoms with van der Waals surface area (Å²) in [6, 6.07) is 3.82. The van der Waals surface area contributed by atoms with Crippen molar-refractivity contribution in [1.29, 1.82) is 0 Å². The fourth-order valence-corrected chi connectivity index (χ4v) is 3.06. The lowest BCUT2D eigenvalue weighted by atomic mass is 9.75. The fraction of sp³-hybridized carbons (Fsp3) is 0.562. The first-order valence-corrected chi connectivity index (χ1v) is 6.97. The Labute approximate surface area is 115 Å². The molecule has 1 saturated carbocycles. The van der Waals surface area contributed by atoms with Crippen molar-refractivity contribution >= 4 is 5.97 Å². The first-order valence-electron chi connectivity index (χ1n) is 6.97. The van der Waals surface area contributed by atoms with Crippen LogP contribution in [0.5, 0.6) is 0 Å². The van der Waals surface area contributed by atoms with Gasteiger partial charge in [0.25, 0.3) is 0 Å². The van der Waals surface area contributed by atoms with E-state index >= 15 is 0 Å². The second kappa shape index (κ2) is 5.33. The van der Waals surface area contributed by atoms with Gasteiger partial charge in [0.15, 0.2) is 0 Å². The first-order chi connectivity index (χ1) is 8.98. The quantitative estimate of drug-likeness (QED) is 0.832. The maximum Gasteiger partial charge on any atom is 0.337 e. The molecule has 1 aliphatic rings. The summed E-state index contributed by atoms with van der Waals surface area (Å²) < 4.78 is 4.83. The minimum Gasteiger partial charge on any atom is -0.465 e. The van der Waals surface area contributed by atoms with Crippen molar-refractivity contribution in [3.63, 3.8) is 0 Å². The molecule has 1 fully saturated rings. The fourth-order valence-electron chi connectivity index (χ4n) is 3.06. The van der Waals surface area contributed by atoms with Crippen molar-refractivity contribution in [2.75, 3.05) is 7.11 Å². The SMILES string of the molecule is COC(=O)c1cc(C)c(C)c(C2(N)CCCCC2)c1. The second-order valence-corrected chi connectivity index (χ2v) is 5.67. The van der Waals surface area contributed by atoms with Crippen molar-refractivity contribution in [3.05, 3.63) is 34.4 Å². The number of ether oxygens (including phenoxy) is 1. The van der Waals surface area contributed by atoms with Gasteiger partial charge in [-0.25, -0.2) is 4.79 Å². The van der Waals surface area contributed by atoms with Crippen LogP contribution in [0.2, 0.25) is 0 Å². The molecule has 0 saturated heterocycles. The highest BCUT2D eigenvalue weighted by atomic mass is 16.5. The predicted molar refractivity (Wildman–Crippen MR) is 76.2 cm³/mol. The number of rotatable bonds is 2. The molecule has 0 radical (unpaired) electrons. The highest BCUT2D eigenvalue weighted by Crippen LogP contribution is 2.37. The molecule has 0 atom stereocenters. The van der Waals surface area contributed by atoms with Crippen LogP contribution in [0.1, 0.15) is 59.2 Å². The number of carbonyl (C=O) groups excluding carboxylic acids is 1. The number of carbonyl (C=O) groups is 1. The molecule has 0 bridgehead atoms. The summed E-state index contributed by atoms with van der Waals surface area (Å²) in [6.45, 7) is 4.12. The Morgan fingerprint density at radius 1 is 1.21 bits per heavy atom. The third-order valence-corrected chi connectivity index (χ3v) is 4.37. The second-order valence-electron chi connectivity index (χ2n) is 5.67. The number of hydrogen-bond acceptors (Lipinski definition) is 3. The summed E-state index contributed by atoms with van der Waals surface area (Å²) in [4.78, 5) is 11.8. The Balaban J connectivity index is 2.49. The van der Waals surface area contributed by atoms with Crippen LogP contribution in [0.4, 0.5) is 0 Å². The number of benzene rings is 1. The zero-order valence-electron chi connectivity index (χ0n) is 12.1. The first kappa shape index (κ1) is 14.1. The Morgan fingerprint density at radius 2 is 1.84 bits per heavy atom. The van der Waals surface area contributed by atoms with Crippen molar-refractivity contribution < 1.29 is 9.53 Å². The van der Waals surface area contributed by atoms with Gasteiger partial charge < -0.3 is 10.5 Å². The van der Waals surface area contributed by atoms with Crippen LogP contribution in [-0.4, -0.2) is 13.1 Å². The van der Waals surface area contributed by atoms with Gasteiger partial charge in [-0.3, -0.25) is 0 Å². The summed E-state index contributed by atoms with van der Waals surface area (Å²) >= 11 is 0. The van der Waals surface area contributed by atoms with Crippen molar-refractivity contribution in [1.82, 2.24) is 0 Å². The van der Waals surface area contributed by atoms with Gasteiger partial charge in [-0.1, -0.05) is 19.3 Å². The molecule has 0 aromatic heterocycles. The molecule has 1 aliphatic carbocycles. The number of hydrogen-bond donors (Lipinski definition) is 1. The molecule has 0 unspecified atom stereocenters. The van der Waals surface area contributed by atoms with E-state index in [4.69, 9.17) is 10.5 Å². The van der Waals surface area contributed by atoms with Crippen molar-refractivity contribution in [2.45, 2.75) is 51.5 Å². The lowest BCUT2D eigenvalue weighted by molar-refractivity contribution is 0.0600. The normalized spacial score (nSPS) is 18.1. The van der Waals surface area contributed by atoms with E-state index in [-0.39, 0.29) is 11.5 Å². The molecular formula is C16H23NO2. The third kappa shape index (κ3) is 2.66. The maximum atomic E-state index is 11.8. The minimum atomic E-state index is -0.288. The standard InChI is InChI=1S/C16H23NO2/c1-11-9-13(15(18)19-3)10-14(12(11)2)16(17)7-5-4-6-8-16/h9-10H,4-8,17H2,1-3H3. The van der Waals surface area contributed by atoms with Crippen LogP contribution in [0.15, 0.2) is 12.1 Å². The largest absolute Gasteiger partial charge is 0.465 e. The monoisotopic (exact) mass is 261 g/mol. The van der Waals surface area contributed by atoms with E-state index in [1.807, 2.05) is 19.1 Å². The van der Waals surface area contributed by atoms with Gasteiger partial charge in [0, 0.05) is 5.54 Å². The van der Waals surface area contributed by atoms with E-state index in [2.05, 4.69) is 6.92 Å². The van der Waals surface area contributed by atoms with Gasteiger partial charge in [0.2, 0.25) is 0 Å². The molecule has 2 rings (SSSR count). The molecular weight excluding hydrogens is 238 g/mol. The van der Waals surface area contributed by atoms with Gasteiger partial charge in [-0.05, 0) is 55.5 Å². The molecule has 2 N–H and O–H groups in total. The number of nitrogens with two attached hydrogens (primary N) is 1. The van der Waals surface area contributed by atoms with Crippen LogP contribution in [0.3, 0.4) is 0 Å². The molecule has 19 heavy (non-hydrogen) atoms. The Hall–Kier alpha value is -1.35. The highest BCUT2D eigenvalue weighted by Gasteiger charge is 2.31. The van der Waals surface area contributed by atoms with Crippen LogP contribution in [-0.2, 0) is 10.3 Å². The average Bonchev–Trinajstić information content (AvgIpc) is 2.41. The van der Waals surface area contributed by atoms with E-state index in [9.17, 15) is 4.79 Å². The lowest BCUT2D eigenvalue weighted by Gasteiger charge is -2.35. The average molecular weight is 261 g/mol. The van der Waals surface area contributed by atoms with E-state index < -0.39 is 0 Å². The molecule has 0 spiro atoms. The van der Waals surface area contributed by atoms with E-state index in [1.54, 1.807) is 0 Å². The predicted octanol–water partition coefficient (Wildman–Crippen LogP) is 3.21. The van der Waals surface area contributed by atoms with Crippen LogP contribution in [0.25, 0.3) is 0 Å². The number of aryl methyl sites for hydroxylation is 1. The Morgan fingerprint density at radius 3 is 2.42 bits per heavy atom. The molecule has 0 amide bonds. The van der Waals surface area contributed by atoms with E-state index in [0.29, 0.717) is 5.56 Å². The van der Waals surface area contributed by atoms with E-state index in [0.717, 1.165) is 36.8 Å². The Kier molecular flexibility index (Phi) is 3.95. The van der Waals surface area contributed by atoms with E-state index in [1.165, 1.54) is 19.1 Å². The minimum absolute atomic E-state index is 0.281. The molecule has 1 aromatic carbocycles. The third-order valence-electron chi connectivity index (χ3n) is 4.37. The summed E-state index contributed by atoms with van der Waals surface area (Å²) in [7, 11) is 1.41. The molecule has 104 valence electrons. The van der Waals surface area contributed by atoms with Crippen molar-refractivity contribution in [2.24, 2.45) is 5.73 Å². The molecule has 1 aromatic rings. The molecule has 0 heterocycles. The summed E-state index contributed by atoms with van der Waals surface area (Å²) in [5.41, 5.74) is 10.4. The van der Waals surface area contributed by atoms with Crippen LogP contribution < -0.4 is 5.73 Å². The van der Waals surface area contributed by atoms with Crippen LogP contribution >= 0.6 is 0 Å². The van der Waals surface area contributed by atoms with Gasteiger partial charge in [-0.15, -0.1) is 0 Å². The topological polar surface area (TPSA) is 52.3 Å². The molecule has 0 aliphatic heterocycles. The van der Waals surface area contributed by atoms with Gasteiger partial charge in [0.1, 0.15) is 0 Å². The van der Waals surface area contributed by atoms with Crippen molar-refractivity contribution in [3.8, 4) is 0 Å². The maximum absolute atomic E-state index is 11.8. The molecule has 3 nitrogen and oxygen atoms in total. The Bertz CT molecular complexity index is 488. The van der Waals surface area contributed by atoms with Gasteiger partial charge in [0.05, 0.1) is 12.7 Å². The number of esters is 1. The lowest BCUT2D eigenvalue weighted by Crippen LogP contribution is -2.39. The smallest absolute Gasteiger partial charge is 0.337 e. The molecule has 3 heteroatoms. The van der Waals surface area contributed by atoms with Gasteiger partial charge in [-0.2, -0.15) is 0 Å².